The average molecular weight is 265 g/mol. The van der Waals surface area contributed by atoms with E-state index in [1.165, 1.54) is 19.1 Å². The first-order valence-corrected chi connectivity index (χ1v) is 6.24. The molecule has 0 fully saturated rings. The predicted molar refractivity (Wildman–Crippen MR) is 69.0 cm³/mol. The summed E-state index contributed by atoms with van der Waals surface area (Å²) >= 11 is -2.27. The maximum Gasteiger partial charge on any atom is 0.221 e. The molecule has 0 saturated carbocycles. The summed E-state index contributed by atoms with van der Waals surface area (Å²) in [4.78, 5) is 11.1. The number of fused-ring (bicyclic) bond motifs is 1. The fraction of sp³-hybridized carbons (Fsp3) is 0.0833. The van der Waals surface area contributed by atoms with E-state index in [4.69, 9.17) is 0 Å². The first-order valence-electron chi connectivity index (χ1n) is 5.14. The van der Waals surface area contributed by atoms with Gasteiger partial charge in [0, 0.05) is 17.7 Å². The summed E-state index contributed by atoms with van der Waals surface area (Å²) in [6.07, 6.45) is 0. The van der Waals surface area contributed by atoms with E-state index in [2.05, 4.69) is 5.32 Å². The quantitative estimate of drug-likeness (QED) is 0.725. The van der Waals surface area contributed by atoms with Crippen LogP contribution in [0.2, 0.25) is 0 Å². The Morgan fingerprint density at radius 2 is 1.94 bits per heavy atom. The van der Waals surface area contributed by atoms with Crippen molar-refractivity contribution in [2.75, 3.05) is 5.32 Å². The van der Waals surface area contributed by atoms with Gasteiger partial charge >= 0.3 is 0 Å². The van der Waals surface area contributed by atoms with Gasteiger partial charge in [-0.25, -0.2) is 4.21 Å². The number of nitrogens with one attached hydrogen (secondary N) is 1. The van der Waals surface area contributed by atoms with Crippen molar-refractivity contribution in [2.24, 2.45) is 0 Å². The van der Waals surface area contributed by atoms with Crippen molar-refractivity contribution in [1.29, 1.82) is 0 Å². The van der Waals surface area contributed by atoms with Gasteiger partial charge in [-0.15, -0.1) is 0 Å². The fourth-order valence-electron chi connectivity index (χ4n) is 1.79. The van der Waals surface area contributed by atoms with E-state index in [-0.39, 0.29) is 22.2 Å². The molecule has 2 rings (SSSR count). The van der Waals surface area contributed by atoms with E-state index >= 15 is 0 Å². The summed E-state index contributed by atoms with van der Waals surface area (Å²) in [7, 11) is 0. The Morgan fingerprint density at radius 1 is 1.22 bits per heavy atom. The summed E-state index contributed by atoms with van der Waals surface area (Å²) in [6.45, 7) is 1.32. The smallest absolute Gasteiger partial charge is 0.221 e. The number of anilines is 1. The lowest BCUT2D eigenvalue weighted by Crippen LogP contribution is -2.09. The van der Waals surface area contributed by atoms with Crippen LogP contribution in [0.4, 0.5) is 5.69 Å². The standard InChI is InChI=1S/C12H11NO4S/c1-7(14)13-10-6-5-8-9(12(10)18(16)17)3-2-4-11(8)15/h2-6,15H,1H3,(H,13,14)(H,16,17). The van der Waals surface area contributed by atoms with Crippen molar-refractivity contribution in [1.82, 2.24) is 0 Å². The zero-order chi connectivity index (χ0) is 13.3. The predicted octanol–water partition coefficient (Wildman–Crippen LogP) is 2.08. The molecule has 18 heavy (non-hydrogen) atoms. The number of phenols is 1. The zero-order valence-corrected chi connectivity index (χ0v) is 10.3. The van der Waals surface area contributed by atoms with Gasteiger partial charge in [0.25, 0.3) is 0 Å². The summed E-state index contributed by atoms with van der Waals surface area (Å²) in [5.41, 5.74) is 0.265. The molecule has 2 aromatic rings. The van der Waals surface area contributed by atoms with Crippen LogP contribution >= 0.6 is 0 Å². The highest BCUT2D eigenvalue weighted by atomic mass is 32.2. The van der Waals surface area contributed by atoms with Gasteiger partial charge < -0.3 is 15.0 Å². The van der Waals surface area contributed by atoms with Crippen molar-refractivity contribution in [3.8, 4) is 5.75 Å². The fourth-order valence-corrected chi connectivity index (χ4v) is 2.46. The molecule has 1 atom stereocenters. The average Bonchev–Trinajstić information content (AvgIpc) is 2.27. The summed E-state index contributed by atoms with van der Waals surface area (Å²) in [6, 6.07) is 7.76. The molecular weight excluding hydrogens is 254 g/mol. The van der Waals surface area contributed by atoms with E-state index in [9.17, 15) is 18.7 Å². The summed E-state index contributed by atoms with van der Waals surface area (Å²) in [5.74, 6) is -0.310. The first kappa shape index (κ1) is 12.5. The largest absolute Gasteiger partial charge is 0.507 e. The van der Waals surface area contributed by atoms with Crippen LogP contribution in [-0.4, -0.2) is 19.8 Å². The van der Waals surface area contributed by atoms with Crippen molar-refractivity contribution < 1.29 is 18.7 Å². The highest BCUT2D eigenvalue weighted by Crippen LogP contribution is 2.33. The molecule has 0 bridgehead atoms. The molecule has 0 aliphatic carbocycles. The van der Waals surface area contributed by atoms with Crippen LogP contribution in [0.5, 0.6) is 5.75 Å². The maximum atomic E-state index is 11.4. The van der Waals surface area contributed by atoms with Gasteiger partial charge in [-0.1, -0.05) is 12.1 Å². The van der Waals surface area contributed by atoms with Crippen LogP contribution in [-0.2, 0) is 15.9 Å². The number of hydrogen-bond donors (Lipinski definition) is 3. The Balaban J connectivity index is 2.78. The van der Waals surface area contributed by atoms with Gasteiger partial charge in [-0.05, 0) is 18.2 Å². The van der Waals surface area contributed by atoms with Crippen molar-refractivity contribution in [3.63, 3.8) is 0 Å². The number of amides is 1. The van der Waals surface area contributed by atoms with Crippen LogP contribution in [0.15, 0.2) is 35.2 Å². The number of carbonyl (C=O) groups is 1. The summed E-state index contributed by atoms with van der Waals surface area (Å²) < 4.78 is 20.8. The number of phenolic OH excluding ortho intramolecular Hbond substituents is 1. The molecular formula is C12H11NO4S. The van der Waals surface area contributed by atoms with Crippen LogP contribution in [0.1, 0.15) is 6.92 Å². The Bertz CT molecular complexity index is 654. The zero-order valence-electron chi connectivity index (χ0n) is 9.51. The second-order valence-corrected chi connectivity index (χ2v) is 4.65. The molecule has 1 unspecified atom stereocenters. The monoisotopic (exact) mass is 265 g/mol. The molecule has 2 aromatic carbocycles. The van der Waals surface area contributed by atoms with Gasteiger partial charge in [0.1, 0.15) is 5.75 Å². The SMILES string of the molecule is CC(=O)Nc1ccc2c(O)cccc2c1S(=O)O. The highest BCUT2D eigenvalue weighted by Gasteiger charge is 2.15. The second kappa shape index (κ2) is 4.75. The van der Waals surface area contributed by atoms with Crippen molar-refractivity contribution in [2.45, 2.75) is 11.8 Å². The number of hydrogen-bond acceptors (Lipinski definition) is 3. The van der Waals surface area contributed by atoms with E-state index in [0.29, 0.717) is 10.8 Å². The maximum absolute atomic E-state index is 11.4. The minimum absolute atomic E-state index is 0.0218. The lowest BCUT2D eigenvalue weighted by atomic mass is 10.1. The second-order valence-electron chi connectivity index (χ2n) is 3.74. The molecule has 0 heterocycles. The third-order valence-electron chi connectivity index (χ3n) is 2.47. The van der Waals surface area contributed by atoms with E-state index in [0.717, 1.165) is 0 Å². The number of aromatic hydroxyl groups is 1. The number of carbonyl (C=O) groups excluding carboxylic acids is 1. The minimum atomic E-state index is -2.27. The minimum Gasteiger partial charge on any atom is -0.507 e. The highest BCUT2D eigenvalue weighted by molar-refractivity contribution is 7.79. The third kappa shape index (κ3) is 2.20. The van der Waals surface area contributed by atoms with E-state index in [1.54, 1.807) is 18.2 Å². The molecule has 1 amide bonds. The molecule has 3 N–H and O–H groups in total. The molecule has 5 nitrogen and oxygen atoms in total. The molecule has 6 heteroatoms. The number of benzene rings is 2. The Kier molecular flexibility index (Phi) is 3.31. The van der Waals surface area contributed by atoms with Gasteiger partial charge in [0.05, 0.1) is 10.6 Å². The van der Waals surface area contributed by atoms with Crippen molar-refractivity contribution in [3.05, 3.63) is 30.3 Å². The first-order chi connectivity index (χ1) is 8.50. The van der Waals surface area contributed by atoms with Crippen molar-refractivity contribution >= 4 is 33.4 Å². The molecule has 0 aliphatic rings. The van der Waals surface area contributed by atoms with Gasteiger partial charge in [-0.3, -0.25) is 4.79 Å². The van der Waals surface area contributed by atoms with Crippen LogP contribution < -0.4 is 5.32 Å². The molecule has 0 aliphatic heterocycles. The van der Waals surface area contributed by atoms with Crippen LogP contribution in [0, 0.1) is 0 Å². The number of rotatable bonds is 2. The Morgan fingerprint density at radius 3 is 2.56 bits per heavy atom. The molecule has 0 aromatic heterocycles. The van der Waals surface area contributed by atoms with Gasteiger partial charge in [0.2, 0.25) is 5.91 Å². The van der Waals surface area contributed by atoms with E-state index < -0.39 is 11.1 Å². The Hall–Kier alpha value is -1.92. The lowest BCUT2D eigenvalue weighted by Gasteiger charge is -2.11. The lowest BCUT2D eigenvalue weighted by molar-refractivity contribution is -0.114. The molecule has 0 spiro atoms. The van der Waals surface area contributed by atoms with E-state index in [1.807, 2.05) is 0 Å². The van der Waals surface area contributed by atoms with Crippen LogP contribution in [0.3, 0.4) is 0 Å². The molecule has 0 saturated heterocycles. The van der Waals surface area contributed by atoms with Gasteiger partial charge in [0.15, 0.2) is 11.1 Å². The topological polar surface area (TPSA) is 86.6 Å². The Labute approximate surface area is 106 Å². The van der Waals surface area contributed by atoms with Gasteiger partial charge in [-0.2, -0.15) is 0 Å². The third-order valence-corrected chi connectivity index (χ3v) is 3.26. The normalized spacial score (nSPS) is 12.3. The summed E-state index contributed by atoms with van der Waals surface area (Å²) in [5, 5.41) is 13.1. The van der Waals surface area contributed by atoms with Crippen LogP contribution in [0.25, 0.3) is 10.8 Å². The molecule has 0 radical (unpaired) electrons. The molecule has 94 valence electrons.